The van der Waals surface area contributed by atoms with Gasteiger partial charge in [0.15, 0.2) is 5.69 Å². The third-order valence-electron chi connectivity index (χ3n) is 4.08. The molecule has 4 aromatic rings. The van der Waals surface area contributed by atoms with Crippen LogP contribution < -0.4 is 5.32 Å². The molecule has 3 heterocycles. The SMILES string of the molecule is Cc1cnn(Cc2cccc(F)c2)c1NC(=O)c1cc2ccccn2n1. The molecule has 0 unspecified atom stereocenters. The molecule has 0 aliphatic rings. The molecule has 0 saturated heterocycles. The molecule has 0 atom stereocenters. The third kappa shape index (κ3) is 3.06. The second kappa shape index (κ2) is 6.44. The summed E-state index contributed by atoms with van der Waals surface area (Å²) >= 11 is 0. The molecule has 0 aliphatic carbocycles. The average molecular weight is 349 g/mol. The van der Waals surface area contributed by atoms with Crippen LogP contribution in [-0.4, -0.2) is 25.3 Å². The summed E-state index contributed by atoms with van der Waals surface area (Å²) in [6.07, 6.45) is 3.45. The highest BCUT2D eigenvalue weighted by molar-refractivity contribution is 6.03. The maximum atomic E-state index is 13.4. The Kier molecular flexibility index (Phi) is 3.96. The number of fused-ring (bicyclic) bond motifs is 1. The van der Waals surface area contributed by atoms with Gasteiger partial charge in [-0.1, -0.05) is 18.2 Å². The van der Waals surface area contributed by atoms with Gasteiger partial charge in [-0.15, -0.1) is 0 Å². The molecule has 6 nitrogen and oxygen atoms in total. The van der Waals surface area contributed by atoms with E-state index in [0.717, 1.165) is 16.6 Å². The first-order valence-electron chi connectivity index (χ1n) is 8.13. The van der Waals surface area contributed by atoms with Crippen LogP contribution in [0.25, 0.3) is 5.52 Å². The summed E-state index contributed by atoms with van der Waals surface area (Å²) in [5.41, 5.74) is 2.73. The lowest BCUT2D eigenvalue weighted by Crippen LogP contribution is -2.17. The summed E-state index contributed by atoms with van der Waals surface area (Å²) in [6, 6.07) is 13.6. The molecular formula is C19H16FN5O. The maximum absolute atomic E-state index is 13.4. The van der Waals surface area contributed by atoms with Crippen LogP contribution in [0.3, 0.4) is 0 Å². The zero-order chi connectivity index (χ0) is 18.1. The van der Waals surface area contributed by atoms with Crippen LogP contribution in [0.4, 0.5) is 10.2 Å². The van der Waals surface area contributed by atoms with Gasteiger partial charge in [-0.25, -0.2) is 13.6 Å². The van der Waals surface area contributed by atoms with E-state index in [1.54, 1.807) is 33.7 Å². The van der Waals surface area contributed by atoms with E-state index >= 15 is 0 Å². The first-order chi connectivity index (χ1) is 12.6. The Balaban J connectivity index is 1.59. The van der Waals surface area contributed by atoms with E-state index in [1.807, 2.05) is 31.2 Å². The minimum absolute atomic E-state index is 0.304. The van der Waals surface area contributed by atoms with Crippen molar-refractivity contribution in [3.05, 3.63) is 83.6 Å². The van der Waals surface area contributed by atoms with Gasteiger partial charge in [0.05, 0.1) is 18.3 Å². The number of nitrogens with zero attached hydrogens (tertiary/aromatic N) is 4. The Labute approximate surface area is 148 Å². The number of rotatable bonds is 4. The highest BCUT2D eigenvalue weighted by Crippen LogP contribution is 2.18. The Morgan fingerprint density at radius 1 is 1.19 bits per heavy atom. The van der Waals surface area contributed by atoms with Gasteiger partial charge in [0.2, 0.25) is 0 Å². The molecule has 1 amide bonds. The number of aromatic nitrogens is 4. The number of aryl methyl sites for hydroxylation is 1. The fourth-order valence-electron chi connectivity index (χ4n) is 2.79. The van der Waals surface area contributed by atoms with Crippen molar-refractivity contribution in [2.24, 2.45) is 0 Å². The van der Waals surface area contributed by atoms with E-state index in [1.165, 1.54) is 12.1 Å². The molecule has 1 aromatic carbocycles. The van der Waals surface area contributed by atoms with Crippen LogP contribution >= 0.6 is 0 Å². The van der Waals surface area contributed by atoms with E-state index in [2.05, 4.69) is 15.5 Å². The van der Waals surface area contributed by atoms with Crippen molar-refractivity contribution in [1.82, 2.24) is 19.4 Å². The van der Waals surface area contributed by atoms with E-state index in [-0.39, 0.29) is 11.7 Å². The highest BCUT2D eigenvalue weighted by Gasteiger charge is 2.16. The molecular weight excluding hydrogens is 333 g/mol. The summed E-state index contributed by atoms with van der Waals surface area (Å²) in [7, 11) is 0. The van der Waals surface area contributed by atoms with Crippen LogP contribution in [0, 0.1) is 12.7 Å². The second-order valence-electron chi connectivity index (χ2n) is 6.02. The molecule has 0 bridgehead atoms. The van der Waals surface area contributed by atoms with Gasteiger partial charge >= 0.3 is 0 Å². The van der Waals surface area contributed by atoms with Crippen LogP contribution in [0.1, 0.15) is 21.6 Å². The van der Waals surface area contributed by atoms with E-state index in [4.69, 9.17) is 0 Å². The summed E-state index contributed by atoms with van der Waals surface area (Å²) in [4.78, 5) is 12.6. The molecule has 0 fully saturated rings. The largest absolute Gasteiger partial charge is 0.305 e. The summed E-state index contributed by atoms with van der Waals surface area (Å²) in [6.45, 7) is 2.21. The van der Waals surface area contributed by atoms with Crippen molar-refractivity contribution in [2.75, 3.05) is 5.32 Å². The van der Waals surface area contributed by atoms with Gasteiger partial charge in [-0.3, -0.25) is 4.79 Å². The van der Waals surface area contributed by atoms with Crippen molar-refractivity contribution in [1.29, 1.82) is 0 Å². The van der Waals surface area contributed by atoms with E-state index in [0.29, 0.717) is 18.1 Å². The number of halogens is 1. The minimum Gasteiger partial charge on any atom is -0.305 e. The molecule has 0 saturated carbocycles. The van der Waals surface area contributed by atoms with Gasteiger partial charge in [0, 0.05) is 11.8 Å². The fourth-order valence-corrected chi connectivity index (χ4v) is 2.79. The molecule has 130 valence electrons. The van der Waals surface area contributed by atoms with Gasteiger partial charge in [0.1, 0.15) is 11.6 Å². The lowest BCUT2D eigenvalue weighted by atomic mass is 10.2. The van der Waals surface area contributed by atoms with Crippen LogP contribution in [0.5, 0.6) is 0 Å². The normalized spacial score (nSPS) is 11.0. The Morgan fingerprint density at radius 2 is 2.08 bits per heavy atom. The Hall–Kier alpha value is -3.48. The molecule has 0 aliphatic heterocycles. The lowest BCUT2D eigenvalue weighted by Gasteiger charge is -2.09. The quantitative estimate of drug-likeness (QED) is 0.615. The van der Waals surface area contributed by atoms with Crippen molar-refractivity contribution >= 4 is 17.2 Å². The van der Waals surface area contributed by atoms with Gasteiger partial charge in [-0.05, 0) is 42.8 Å². The third-order valence-corrected chi connectivity index (χ3v) is 4.08. The first kappa shape index (κ1) is 16.0. The Bertz CT molecular complexity index is 1070. The smallest absolute Gasteiger partial charge is 0.277 e. The number of carbonyl (C=O) groups excluding carboxylic acids is 1. The summed E-state index contributed by atoms with van der Waals surface area (Å²) < 4.78 is 16.7. The van der Waals surface area contributed by atoms with Crippen molar-refractivity contribution in [2.45, 2.75) is 13.5 Å². The second-order valence-corrected chi connectivity index (χ2v) is 6.02. The predicted octanol–water partition coefficient (Wildman–Crippen LogP) is 3.28. The topological polar surface area (TPSA) is 64.2 Å². The summed E-state index contributed by atoms with van der Waals surface area (Å²) in [5, 5.41) is 11.4. The van der Waals surface area contributed by atoms with Crippen molar-refractivity contribution < 1.29 is 9.18 Å². The number of pyridine rings is 1. The molecule has 0 radical (unpaired) electrons. The standard InChI is InChI=1S/C19H16FN5O/c1-13-11-21-25(12-14-5-4-6-15(20)9-14)18(13)22-19(26)17-10-16-7-2-3-8-24(16)23-17/h2-11H,12H2,1H3,(H,22,26). The molecule has 3 aromatic heterocycles. The van der Waals surface area contributed by atoms with Crippen molar-refractivity contribution in [3.8, 4) is 0 Å². The van der Waals surface area contributed by atoms with Crippen LogP contribution in [0.2, 0.25) is 0 Å². The van der Waals surface area contributed by atoms with E-state index in [9.17, 15) is 9.18 Å². The number of amides is 1. The number of benzene rings is 1. The molecule has 26 heavy (non-hydrogen) atoms. The Morgan fingerprint density at radius 3 is 2.88 bits per heavy atom. The number of anilines is 1. The maximum Gasteiger partial charge on any atom is 0.277 e. The van der Waals surface area contributed by atoms with Gasteiger partial charge in [-0.2, -0.15) is 10.2 Å². The number of carbonyl (C=O) groups is 1. The number of hydrogen-bond acceptors (Lipinski definition) is 3. The zero-order valence-corrected chi connectivity index (χ0v) is 14.1. The van der Waals surface area contributed by atoms with Gasteiger partial charge in [0.25, 0.3) is 5.91 Å². The molecule has 7 heteroatoms. The summed E-state index contributed by atoms with van der Waals surface area (Å²) in [5.74, 6) is -0.0595. The fraction of sp³-hybridized carbons (Fsp3) is 0.105. The highest BCUT2D eigenvalue weighted by atomic mass is 19.1. The monoisotopic (exact) mass is 349 g/mol. The average Bonchev–Trinajstić information content (AvgIpc) is 3.20. The van der Waals surface area contributed by atoms with Crippen LogP contribution in [0.15, 0.2) is 60.9 Å². The van der Waals surface area contributed by atoms with Gasteiger partial charge < -0.3 is 5.32 Å². The molecule has 4 rings (SSSR count). The predicted molar refractivity (Wildman–Crippen MR) is 95.6 cm³/mol. The van der Waals surface area contributed by atoms with Crippen LogP contribution in [-0.2, 0) is 6.54 Å². The lowest BCUT2D eigenvalue weighted by molar-refractivity contribution is 0.102. The number of nitrogens with one attached hydrogen (secondary N) is 1. The molecule has 1 N–H and O–H groups in total. The minimum atomic E-state index is -0.321. The number of hydrogen-bond donors (Lipinski definition) is 1. The first-order valence-corrected chi connectivity index (χ1v) is 8.13. The van der Waals surface area contributed by atoms with E-state index < -0.39 is 0 Å². The zero-order valence-electron chi connectivity index (χ0n) is 14.1. The molecule has 0 spiro atoms. The van der Waals surface area contributed by atoms with Crippen molar-refractivity contribution in [3.63, 3.8) is 0 Å².